The maximum Gasteiger partial charge on any atom is 0.328 e. The molecule has 0 aliphatic carbocycles. The Morgan fingerprint density at radius 2 is 1.06 bits per heavy atom. The monoisotopic (exact) mass is 505 g/mol. The molecule has 0 radical (unpaired) electrons. The minimum Gasteiger partial charge on any atom is -0.478 e. The number of carbonyl (C=O) groups is 4. The summed E-state index contributed by atoms with van der Waals surface area (Å²) >= 11 is 0. The molecule has 0 bridgehead atoms. The Balaban J connectivity index is 0.000000337. The molecule has 4 N–H and O–H groups in total. The first-order valence-electron chi connectivity index (χ1n) is 11.8. The summed E-state index contributed by atoms with van der Waals surface area (Å²) in [6, 6.07) is 4.37. The van der Waals surface area contributed by atoms with Gasteiger partial charge < -0.3 is 20.4 Å². The largest absolute Gasteiger partial charge is 0.478 e. The Hall–Kier alpha value is -3.57. The van der Waals surface area contributed by atoms with Gasteiger partial charge in [0.15, 0.2) is 0 Å². The van der Waals surface area contributed by atoms with E-state index in [4.69, 9.17) is 20.4 Å². The van der Waals surface area contributed by atoms with Crippen molar-refractivity contribution in [2.45, 2.75) is 51.6 Å². The molecule has 0 atom stereocenters. The summed E-state index contributed by atoms with van der Waals surface area (Å²) in [6.07, 6.45) is 12.4. The predicted molar refractivity (Wildman–Crippen MR) is 131 cm³/mol. The van der Waals surface area contributed by atoms with E-state index in [-0.39, 0.29) is 0 Å². The minimum atomic E-state index is -1.26. The van der Waals surface area contributed by atoms with Crippen LogP contribution < -0.4 is 0 Å². The number of hydrogen-bond donors (Lipinski definition) is 4. The van der Waals surface area contributed by atoms with Crippen LogP contribution in [0.15, 0.2) is 42.6 Å². The number of rotatable bonds is 8. The second kappa shape index (κ2) is 17.8. The number of nitrogens with zero attached hydrogens (tertiary/aromatic N) is 3. The fourth-order valence-corrected chi connectivity index (χ4v) is 3.73. The lowest BCUT2D eigenvalue weighted by Crippen LogP contribution is -2.32. The van der Waals surface area contributed by atoms with E-state index in [1.165, 1.54) is 76.0 Å². The molecule has 1 aromatic rings. The molecule has 0 aromatic carbocycles. The quantitative estimate of drug-likeness (QED) is 0.383. The van der Waals surface area contributed by atoms with Gasteiger partial charge in [-0.05, 0) is 63.5 Å². The van der Waals surface area contributed by atoms with Crippen molar-refractivity contribution in [1.29, 1.82) is 0 Å². The van der Waals surface area contributed by atoms with Crippen molar-refractivity contribution in [3.63, 3.8) is 0 Å². The first-order chi connectivity index (χ1) is 17.2. The van der Waals surface area contributed by atoms with Gasteiger partial charge in [0, 0.05) is 43.6 Å². The number of aromatic nitrogens is 1. The minimum absolute atomic E-state index is 0.558. The lowest BCUT2D eigenvalue weighted by atomic mass is 10.1. The number of carboxylic acid groups (broad SMARTS) is 4. The molecule has 2 saturated heterocycles. The highest BCUT2D eigenvalue weighted by atomic mass is 16.4. The third kappa shape index (κ3) is 15.4. The van der Waals surface area contributed by atoms with Gasteiger partial charge in [-0.1, -0.05) is 18.9 Å². The normalized spacial score (nSPS) is 16.4. The van der Waals surface area contributed by atoms with E-state index < -0.39 is 23.9 Å². The molecule has 0 amide bonds. The van der Waals surface area contributed by atoms with Gasteiger partial charge in [-0.2, -0.15) is 0 Å². The van der Waals surface area contributed by atoms with Crippen LogP contribution in [0.1, 0.15) is 49.8 Å². The second-order valence-corrected chi connectivity index (χ2v) is 8.30. The van der Waals surface area contributed by atoms with Gasteiger partial charge in [-0.25, -0.2) is 19.2 Å². The van der Waals surface area contributed by atoms with E-state index in [0.29, 0.717) is 24.3 Å². The third-order valence-electron chi connectivity index (χ3n) is 5.39. The van der Waals surface area contributed by atoms with Gasteiger partial charge in [0.1, 0.15) is 0 Å². The molecular formula is C25H35N3O8. The summed E-state index contributed by atoms with van der Waals surface area (Å²) in [4.78, 5) is 48.1. The first-order valence-corrected chi connectivity index (χ1v) is 11.8. The average molecular weight is 506 g/mol. The van der Waals surface area contributed by atoms with Gasteiger partial charge in [-0.15, -0.1) is 0 Å². The molecule has 198 valence electrons. The molecule has 11 heteroatoms. The summed E-state index contributed by atoms with van der Waals surface area (Å²) < 4.78 is 0. The van der Waals surface area contributed by atoms with E-state index >= 15 is 0 Å². The fourth-order valence-electron chi connectivity index (χ4n) is 3.73. The standard InChI is InChI=1S/C17H27N3.2C4H4O4/c1-3-10-19(11-4-1)14-16-8-7-9-18-17(16)15-20-12-5-2-6-13-20;2*5-3(6)1-2-4(7)8/h7-9H,1-6,10-15H2;2*1-2H,(H,5,6)(H,7,8)/b;2*2-1-. The SMILES string of the molecule is O=C(O)/C=C\C(=O)O.O=C(O)/C=C\C(=O)O.c1cnc(CN2CCCCC2)c(CN2CCCCC2)c1. The van der Waals surface area contributed by atoms with Crippen LogP contribution in [-0.4, -0.2) is 85.3 Å². The molecule has 2 aliphatic rings. The molecule has 3 heterocycles. The summed E-state index contributed by atoms with van der Waals surface area (Å²) in [6.45, 7) is 7.16. The van der Waals surface area contributed by atoms with Crippen molar-refractivity contribution in [3.05, 3.63) is 53.9 Å². The van der Waals surface area contributed by atoms with Crippen molar-refractivity contribution in [1.82, 2.24) is 14.8 Å². The zero-order valence-electron chi connectivity index (χ0n) is 20.3. The number of likely N-dealkylation sites (tertiary alicyclic amines) is 2. The molecule has 2 fully saturated rings. The smallest absolute Gasteiger partial charge is 0.328 e. The maximum absolute atomic E-state index is 9.55. The Bertz CT molecular complexity index is 799. The topological polar surface area (TPSA) is 169 Å². The highest BCUT2D eigenvalue weighted by Gasteiger charge is 2.16. The lowest BCUT2D eigenvalue weighted by molar-refractivity contribution is -0.134. The van der Waals surface area contributed by atoms with Crippen LogP contribution >= 0.6 is 0 Å². The Labute approximate surface area is 210 Å². The lowest BCUT2D eigenvalue weighted by Gasteiger charge is -2.29. The van der Waals surface area contributed by atoms with E-state index in [0.717, 1.165) is 13.1 Å². The predicted octanol–water partition coefficient (Wildman–Crippen LogP) is 2.48. The molecule has 1 aromatic heterocycles. The molecule has 0 saturated carbocycles. The zero-order valence-corrected chi connectivity index (χ0v) is 20.3. The summed E-state index contributed by atoms with van der Waals surface area (Å²) in [5.74, 6) is -5.03. The van der Waals surface area contributed by atoms with Crippen LogP contribution in [-0.2, 0) is 32.3 Å². The molecular weight excluding hydrogens is 470 g/mol. The first kappa shape index (κ1) is 30.5. The van der Waals surface area contributed by atoms with Crippen LogP contribution in [0.4, 0.5) is 0 Å². The number of carboxylic acids is 4. The molecule has 0 unspecified atom stereocenters. The highest BCUT2D eigenvalue weighted by molar-refractivity contribution is 5.90. The van der Waals surface area contributed by atoms with Gasteiger partial charge in [-0.3, -0.25) is 14.8 Å². The van der Waals surface area contributed by atoms with E-state index in [2.05, 4.69) is 26.9 Å². The zero-order chi connectivity index (χ0) is 26.8. The Morgan fingerprint density at radius 3 is 1.44 bits per heavy atom. The molecule has 3 rings (SSSR count). The van der Waals surface area contributed by atoms with Crippen LogP contribution in [0.5, 0.6) is 0 Å². The Morgan fingerprint density at radius 1 is 0.667 bits per heavy atom. The highest BCUT2D eigenvalue weighted by Crippen LogP contribution is 2.18. The van der Waals surface area contributed by atoms with Crippen LogP contribution in [0, 0.1) is 0 Å². The van der Waals surface area contributed by atoms with Crippen molar-refractivity contribution in [2.75, 3.05) is 26.2 Å². The number of pyridine rings is 1. The molecule has 11 nitrogen and oxygen atoms in total. The van der Waals surface area contributed by atoms with Gasteiger partial charge in [0.05, 0.1) is 5.69 Å². The fraction of sp³-hybridized carbons (Fsp3) is 0.480. The van der Waals surface area contributed by atoms with Gasteiger partial charge in [0.2, 0.25) is 0 Å². The molecule has 36 heavy (non-hydrogen) atoms. The molecule has 0 spiro atoms. The van der Waals surface area contributed by atoms with Crippen molar-refractivity contribution in [2.24, 2.45) is 0 Å². The van der Waals surface area contributed by atoms with Crippen LogP contribution in [0.25, 0.3) is 0 Å². The summed E-state index contributed by atoms with van der Waals surface area (Å²) in [7, 11) is 0. The number of piperidine rings is 2. The third-order valence-corrected chi connectivity index (χ3v) is 5.39. The average Bonchev–Trinajstić information content (AvgIpc) is 2.85. The number of hydrogen-bond acceptors (Lipinski definition) is 7. The Kier molecular flexibility index (Phi) is 15.1. The van der Waals surface area contributed by atoms with E-state index in [1.807, 2.05) is 6.20 Å². The van der Waals surface area contributed by atoms with Crippen molar-refractivity contribution < 1.29 is 39.6 Å². The number of aliphatic carboxylic acids is 4. The van der Waals surface area contributed by atoms with E-state index in [9.17, 15) is 19.2 Å². The van der Waals surface area contributed by atoms with Crippen LogP contribution in [0.3, 0.4) is 0 Å². The molecule has 2 aliphatic heterocycles. The van der Waals surface area contributed by atoms with Crippen molar-refractivity contribution >= 4 is 23.9 Å². The van der Waals surface area contributed by atoms with Gasteiger partial charge >= 0.3 is 23.9 Å². The summed E-state index contributed by atoms with van der Waals surface area (Å²) in [5, 5.41) is 31.2. The second-order valence-electron chi connectivity index (χ2n) is 8.30. The summed E-state index contributed by atoms with van der Waals surface area (Å²) in [5.41, 5.74) is 2.75. The van der Waals surface area contributed by atoms with Crippen molar-refractivity contribution in [3.8, 4) is 0 Å². The van der Waals surface area contributed by atoms with Crippen LogP contribution in [0.2, 0.25) is 0 Å². The maximum atomic E-state index is 9.55. The van der Waals surface area contributed by atoms with Gasteiger partial charge in [0.25, 0.3) is 0 Å². The van der Waals surface area contributed by atoms with E-state index in [1.54, 1.807) is 0 Å².